The van der Waals surface area contributed by atoms with Crippen molar-refractivity contribution in [1.82, 2.24) is 10.2 Å². The number of carboxylic acids is 1. The van der Waals surface area contributed by atoms with Crippen LogP contribution in [0.5, 0.6) is 0 Å². The zero-order valence-electron chi connectivity index (χ0n) is 11.3. The third-order valence-corrected chi connectivity index (χ3v) is 3.60. The van der Waals surface area contributed by atoms with Gasteiger partial charge in [0.15, 0.2) is 0 Å². The molecule has 0 aliphatic carbocycles. The summed E-state index contributed by atoms with van der Waals surface area (Å²) in [5.41, 5.74) is 0. The van der Waals surface area contributed by atoms with Gasteiger partial charge in [-0.05, 0) is 24.7 Å². The van der Waals surface area contributed by atoms with Gasteiger partial charge in [-0.25, -0.2) is 4.79 Å². The number of nitrogens with zero attached hydrogens (tertiary/aromatic N) is 1. The summed E-state index contributed by atoms with van der Waals surface area (Å²) in [6.07, 6.45) is 2.99. The quantitative estimate of drug-likeness (QED) is 0.763. The van der Waals surface area contributed by atoms with Crippen LogP contribution >= 0.6 is 0 Å². The Balaban J connectivity index is 2.18. The number of aliphatic carboxylic acids is 1. The second-order valence-electron chi connectivity index (χ2n) is 5.23. The van der Waals surface area contributed by atoms with E-state index in [1.165, 1.54) is 0 Å². The lowest BCUT2D eigenvalue weighted by Crippen LogP contribution is -2.40. The molecule has 0 aromatic carbocycles. The molecule has 5 nitrogen and oxygen atoms in total. The van der Waals surface area contributed by atoms with E-state index >= 15 is 0 Å². The molecule has 0 spiro atoms. The molecule has 2 atom stereocenters. The van der Waals surface area contributed by atoms with Gasteiger partial charge in [0.2, 0.25) is 0 Å². The summed E-state index contributed by atoms with van der Waals surface area (Å²) in [6.45, 7) is 6.36. The smallest absolute Gasteiger partial charge is 0.317 e. The van der Waals surface area contributed by atoms with Gasteiger partial charge in [-0.15, -0.1) is 0 Å². The molecule has 0 saturated carbocycles. The fourth-order valence-electron chi connectivity index (χ4n) is 2.20. The normalized spacial score (nSPS) is 20.8. The van der Waals surface area contributed by atoms with Crippen LogP contribution in [0, 0.1) is 11.8 Å². The maximum absolute atomic E-state index is 11.8. The Hall–Kier alpha value is -1.26. The average Bonchev–Trinajstić information content (AvgIpc) is 2.82. The molecule has 1 saturated heterocycles. The number of carbonyl (C=O) groups is 2. The van der Waals surface area contributed by atoms with Gasteiger partial charge in [0, 0.05) is 26.1 Å². The second-order valence-corrected chi connectivity index (χ2v) is 5.23. The maximum atomic E-state index is 11.8. The molecule has 2 N–H and O–H groups in total. The fourth-order valence-corrected chi connectivity index (χ4v) is 2.20. The summed E-state index contributed by atoms with van der Waals surface area (Å²) in [5, 5.41) is 11.5. The zero-order valence-corrected chi connectivity index (χ0v) is 11.3. The molecule has 0 aromatic rings. The van der Waals surface area contributed by atoms with Crippen LogP contribution in [0.25, 0.3) is 0 Å². The Labute approximate surface area is 109 Å². The maximum Gasteiger partial charge on any atom is 0.317 e. The average molecular weight is 256 g/mol. The van der Waals surface area contributed by atoms with Gasteiger partial charge in [-0.1, -0.05) is 20.3 Å². The van der Waals surface area contributed by atoms with Crippen molar-refractivity contribution in [3.8, 4) is 0 Å². The summed E-state index contributed by atoms with van der Waals surface area (Å²) in [6, 6.07) is -0.00637. The second kappa shape index (κ2) is 7.24. The number of carbonyl (C=O) groups excluding carboxylic acids is 1. The molecular formula is C13H24N2O3. The minimum Gasteiger partial charge on any atom is -0.481 e. The van der Waals surface area contributed by atoms with Gasteiger partial charge in [-0.2, -0.15) is 0 Å². The van der Waals surface area contributed by atoms with Crippen LogP contribution in [-0.4, -0.2) is 41.6 Å². The number of likely N-dealkylation sites (tertiary alicyclic amines) is 1. The molecule has 1 aliphatic rings. The van der Waals surface area contributed by atoms with Crippen LogP contribution in [0.3, 0.4) is 0 Å². The molecule has 2 unspecified atom stereocenters. The van der Waals surface area contributed by atoms with Crippen molar-refractivity contribution in [2.45, 2.75) is 39.5 Å². The third-order valence-electron chi connectivity index (χ3n) is 3.60. The summed E-state index contributed by atoms with van der Waals surface area (Å²) in [5.74, 6) is 0.0633. The minimum atomic E-state index is -0.779. The molecule has 5 heteroatoms. The molecule has 0 radical (unpaired) electrons. The Bertz CT molecular complexity index is 294. The minimum absolute atomic E-state index is 0.00637. The number of urea groups is 1. The third kappa shape index (κ3) is 4.94. The highest BCUT2D eigenvalue weighted by Gasteiger charge is 2.24. The molecular weight excluding hydrogens is 232 g/mol. The number of hydrogen-bond acceptors (Lipinski definition) is 2. The first-order valence-corrected chi connectivity index (χ1v) is 6.77. The zero-order chi connectivity index (χ0) is 13.5. The van der Waals surface area contributed by atoms with Crippen molar-refractivity contribution in [3.05, 3.63) is 0 Å². The Morgan fingerprint density at radius 3 is 2.78 bits per heavy atom. The van der Waals surface area contributed by atoms with Crippen molar-refractivity contribution in [2.75, 3.05) is 19.6 Å². The highest BCUT2D eigenvalue weighted by atomic mass is 16.4. The molecule has 0 bridgehead atoms. The number of nitrogens with one attached hydrogen (secondary N) is 1. The predicted octanol–water partition coefficient (Wildman–Crippen LogP) is 1.93. The van der Waals surface area contributed by atoms with E-state index in [2.05, 4.69) is 12.2 Å². The standard InChI is InChI=1S/C13H24N2O3/c1-3-11-6-7-15(9-11)13(18)14-8-10(2)4-5-12(16)17/h10-11H,3-9H2,1-2H3,(H,14,18)(H,16,17). The van der Waals surface area contributed by atoms with E-state index in [9.17, 15) is 9.59 Å². The molecule has 104 valence electrons. The van der Waals surface area contributed by atoms with E-state index in [1.807, 2.05) is 11.8 Å². The summed E-state index contributed by atoms with van der Waals surface area (Å²) < 4.78 is 0. The summed E-state index contributed by atoms with van der Waals surface area (Å²) in [7, 11) is 0. The van der Waals surface area contributed by atoms with Crippen molar-refractivity contribution in [2.24, 2.45) is 11.8 Å². The van der Waals surface area contributed by atoms with Gasteiger partial charge >= 0.3 is 12.0 Å². The van der Waals surface area contributed by atoms with Crippen LogP contribution in [-0.2, 0) is 4.79 Å². The van der Waals surface area contributed by atoms with Gasteiger partial charge in [0.05, 0.1) is 0 Å². The number of hydrogen-bond donors (Lipinski definition) is 2. The molecule has 18 heavy (non-hydrogen) atoms. The monoisotopic (exact) mass is 256 g/mol. The van der Waals surface area contributed by atoms with Crippen molar-refractivity contribution in [3.63, 3.8) is 0 Å². The van der Waals surface area contributed by atoms with Crippen LogP contribution in [0.2, 0.25) is 0 Å². The molecule has 1 fully saturated rings. The van der Waals surface area contributed by atoms with E-state index in [1.54, 1.807) is 0 Å². The van der Waals surface area contributed by atoms with Gasteiger partial charge < -0.3 is 15.3 Å². The number of carboxylic acid groups (broad SMARTS) is 1. The van der Waals surface area contributed by atoms with E-state index in [0.29, 0.717) is 18.9 Å². The number of amides is 2. The molecule has 1 heterocycles. The molecule has 0 aromatic heterocycles. The van der Waals surface area contributed by atoms with Crippen molar-refractivity contribution >= 4 is 12.0 Å². The first kappa shape index (κ1) is 14.8. The van der Waals surface area contributed by atoms with E-state index in [0.717, 1.165) is 25.9 Å². The summed E-state index contributed by atoms with van der Waals surface area (Å²) in [4.78, 5) is 24.1. The Kier molecular flexibility index (Phi) is 5.95. The Morgan fingerprint density at radius 1 is 1.50 bits per heavy atom. The topological polar surface area (TPSA) is 69.6 Å². The summed E-state index contributed by atoms with van der Waals surface area (Å²) >= 11 is 0. The van der Waals surface area contributed by atoms with E-state index in [-0.39, 0.29) is 18.4 Å². The lowest BCUT2D eigenvalue weighted by Gasteiger charge is -2.19. The van der Waals surface area contributed by atoms with E-state index in [4.69, 9.17) is 5.11 Å². The lowest BCUT2D eigenvalue weighted by atomic mass is 10.1. The predicted molar refractivity (Wildman–Crippen MR) is 69.4 cm³/mol. The largest absolute Gasteiger partial charge is 0.481 e. The van der Waals surface area contributed by atoms with Crippen LogP contribution < -0.4 is 5.32 Å². The molecule has 1 aliphatic heterocycles. The van der Waals surface area contributed by atoms with Gasteiger partial charge in [0.25, 0.3) is 0 Å². The van der Waals surface area contributed by atoms with Crippen LogP contribution in [0.4, 0.5) is 4.79 Å². The van der Waals surface area contributed by atoms with Crippen LogP contribution in [0.15, 0.2) is 0 Å². The first-order chi connectivity index (χ1) is 8.52. The highest BCUT2D eigenvalue weighted by molar-refractivity contribution is 5.74. The van der Waals surface area contributed by atoms with Crippen LogP contribution in [0.1, 0.15) is 39.5 Å². The number of rotatable bonds is 6. The van der Waals surface area contributed by atoms with Gasteiger partial charge in [0.1, 0.15) is 0 Å². The molecule has 1 rings (SSSR count). The first-order valence-electron chi connectivity index (χ1n) is 6.77. The highest BCUT2D eigenvalue weighted by Crippen LogP contribution is 2.18. The van der Waals surface area contributed by atoms with Gasteiger partial charge in [-0.3, -0.25) is 4.79 Å². The SMILES string of the molecule is CCC1CCN(C(=O)NCC(C)CCC(=O)O)C1. The molecule has 2 amide bonds. The van der Waals surface area contributed by atoms with Crippen molar-refractivity contribution < 1.29 is 14.7 Å². The Morgan fingerprint density at radius 2 is 2.22 bits per heavy atom. The van der Waals surface area contributed by atoms with Crippen molar-refractivity contribution in [1.29, 1.82) is 0 Å². The lowest BCUT2D eigenvalue weighted by molar-refractivity contribution is -0.137. The van der Waals surface area contributed by atoms with E-state index < -0.39 is 5.97 Å². The fraction of sp³-hybridized carbons (Fsp3) is 0.846.